The highest BCUT2D eigenvalue weighted by molar-refractivity contribution is 6.30. The summed E-state index contributed by atoms with van der Waals surface area (Å²) in [4.78, 5) is 9.25. The van der Waals surface area contributed by atoms with E-state index in [1.54, 1.807) is 0 Å². The van der Waals surface area contributed by atoms with Crippen LogP contribution in [0.5, 0.6) is 0 Å². The average molecular weight is 185 g/mol. The van der Waals surface area contributed by atoms with Gasteiger partial charge in [0.05, 0.1) is 0 Å². The highest BCUT2D eigenvalue weighted by Gasteiger charge is 1.75. The molecule has 64 valence electrons. The summed E-state index contributed by atoms with van der Waals surface area (Å²) in [5.74, 6) is -0.981. The fraction of sp³-hybridized carbons (Fsp3) is 0. The summed E-state index contributed by atoms with van der Waals surface area (Å²) >= 11 is 5.54. The molecule has 0 heterocycles. The number of hydrogen-bond donors (Lipinski definition) is 1. The summed E-state index contributed by atoms with van der Waals surface area (Å²) in [5.41, 5.74) is 0. The highest BCUT2D eigenvalue weighted by atomic mass is 35.5. The molecule has 0 saturated heterocycles. The number of halogens is 1. The molecule has 0 atom stereocenters. The van der Waals surface area contributed by atoms with E-state index in [-0.39, 0.29) is 0 Å². The molecule has 1 aromatic rings. The van der Waals surface area contributed by atoms with E-state index < -0.39 is 5.97 Å². The van der Waals surface area contributed by atoms with Crippen LogP contribution in [0.25, 0.3) is 0 Å². The third-order valence-corrected chi connectivity index (χ3v) is 1.16. The van der Waals surface area contributed by atoms with Crippen LogP contribution in [0.2, 0.25) is 5.02 Å². The first kappa shape index (κ1) is 10.7. The fourth-order valence-corrected chi connectivity index (χ4v) is 0.560. The van der Waals surface area contributed by atoms with Crippen LogP contribution in [0, 0.1) is 0 Å². The first-order chi connectivity index (χ1) is 5.66. The molecule has 0 unspecified atom stereocenters. The molecule has 0 saturated carbocycles. The molecular weight excluding hydrogens is 176 g/mol. The predicted octanol–water partition coefficient (Wildman–Crippen LogP) is 2.60. The summed E-state index contributed by atoms with van der Waals surface area (Å²) < 4.78 is 0. The van der Waals surface area contributed by atoms with E-state index in [4.69, 9.17) is 16.7 Å². The number of carbonyl (C=O) groups is 1. The Bertz CT molecular complexity index is 244. The zero-order chi connectivity index (χ0) is 9.40. The van der Waals surface area contributed by atoms with E-state index in [0.717, 1.165) is 11.1 Å². The molecule has 0 fully saturated rings. The Morgan fingerprint density at radius 1 is 1.42 bits per heavy atom. The molecule has 0 amide bonds. The Kier molecular flexibility index (Phi) is 5.75. The van der Waals surface area contributed by atoms with Gasteiger partial charge < -0.3 is 5.11 Å². The van der Waals surface area contributed by atoms with Crippen molar-refractivity contribution < 1.29 is 9.90 Å². The number of benzene rings is 1. The van der Waals surface area contributed by atoms with Crippen molar-refractivity contribution in [3.8, 4) is 0 Å². The normalized spacial score (nSPS) is 7.75. The van der Waals surface area contributed by atoms with Crippen LogP contribution < -0.4 is 0 Å². The van der Waals surface area contributed by atoms with Crippen LogP contribution >= 0.6 is 11.6 Å². The number of carboxylic acid groups (broad SMARTS) is 1. The largest absolute Gasteiger partial charge is 0.478 e. The lowest BCUT2D eigenvalue weighted by molar-refractivity contribution is -0.131. The minimum atomic E-state index is -0.981. The second-order valence-corrected chi connectivity index (χ2v) is 2.27. The van der Waals surface area contributed by atoms with Gasteiger partial charge in [-0.05, 0) is 12.1 Å². The summed E-state index contributed by atoms with van der Waals surface area (Å²) in [5, 5.41) is 8.40. The van der Waals surface area contributed by atoms with Gasteiger partial charge in [-0.2, -0.15) is 0 Å². The van der Waals surface area contributed by atoms with Gasteiger partial charge in [0.25, 0.3) is 0 Å². The SMILES string of the molecule is C=CC(=O)O.Clc1ccccc1. The third-order valence-electron chi connectivity index (χ3n) is 0.908. The first-order valence-corrected chi connectivity index (χ1v) is 3.60. The van der Waals surface area contributed by atoms with Crippen LogP contribution in [0.15, 0.2) is 43.0 Å². The highest BCUT2D eigenvalue weighted by Crippen LogP contribution is 2.03. The van der Waals surface area contributed by atoms with E-state index in [2.05, 4.69) is 6.58 Å². The molecule has 3 heteroatoms. The zero-order valence-electron chi connectivity index (χ0n) is 6.40. The lowest BCUT2D eigenvalue weighted by atomic mass is 10.4. The van der Waals surface area contributed by atoms with Gasteiger partial charge in [-0.1, -0.05) is 36.4 Å². The minimum Gasteiger partial charge on any atom is -0.478 e. The zero-order valence-corrected chi connectivity index (χ0v) is 7.16. The maximum Gasteiger partial charge on any atom is 0.327 e. The van der Waals surface area contributed by atoms with Crippen LogP contribution in [-0.4, -0.2) is 11.1 Å². The van der Waals surface area contributed by atoms with Crippen molar-refractivity contribution in [3.05, 3.63) is 48.0 Å². The molecule has 2 nitrogen and oxygen atoms in total. The van der Waals surface area contributed by atoms with Crippen molar-refractivity contribution in [1.82, 2.24) is 0 Å². The summed E-state index contributed by atoms with van der Waals surface area (Å²) in [6.07, 6.45) is 0.833. The van der Waals surface area contributed by atoms with E-state index in [9.17, 15) is 4.79 Å². The maximum absolute atomic E-state index is 9.25. The van der Waals surface area contributed by atoms with E-state index in [0.29, 0.717) is 0 Å². The number of aliphatic carboxylic acids is 1. The minimum absolute atomic E-state index is 0.794. The topological polar surface area (TPSA) is 37.3 Å². The molecule has 0 aliphatic heterocycles. The summed E-state index contributed by atoms with van der Waals surface area (Å²) in [7, 11) is 0. The van der Waals surface area contributed by atoms with E-state index >= 15 is 0 Å². The second-order valence-electron chi connectivity index (χ2n) is 1.84. The van der Waals surface area contributed by atoms with Gasteiger partial charge in [-0.25, -0.2) is 4.79 Å². The average Bonchev–Trinajstić information content (AvgIpc) is 2.07. The van der Waals surface area contributed by atoms with Crippen LogP contribution in [-0.2, 0) is 4.79 Å². The van der Waals surface area contributed by atoms with Gasteiger partial charge >= 0.3 is 5.97 Å². The Labute approximate surface area is 76.1 Å². The molecular formula is C9H9ClO2. The van der Waals surface area contributed by atoms with Crippen molar-refractivity contribution in [2.24, 2.45) is 0 Å². The van der Waals surface area contributed by atoms with Crippen LogP contribution in [0.3, 0.4) is 0 Å². The predicted molar refractivity (Wildman–Crippen MR) is 49.3 cm³/mol. The maximum atomic E-state index is 9.25. The Morgan fingerprint density at radius 2 is 1.83 bits per heavy atom. The molecule has 0 aliphatic rings. The van der Waals surface area contributed by atoms with Crippen molar-refractivity contribution in [3.63, 3.8) is 0 Å². The Morgan fingerprint density at radius 3 is 2.00 bits per heavy atom. The Hall–Kier alpha value is -1.28. The van der Waals surface area contributed by atoms with Crippen molar-refractivity contribution in [1.29, 1.82) is 0 Å². The summed E-state index contributed by atoms with van der Waals surface area (Å²) in [6, 6.07) is 9.44. The number of hydrogen-bond acceptors (Lipinski definition) is 1. The number of rotatable bonds is 1. The quantitative estimate of drug-likeness (QED) is 0.682. The van der Waals surface area contributed by atoms with Crippen LogP contribution in [0.1, 0.15) is 0 Å². The molecule has 1 aromatic carbocycles. The van der Waals surface area contributed by atoms with Gasteiger partial charge in [0, 0.05) is 11.1 Å². The van der Waals surface area contributed by atoms with Gasteiger partial charge in [-0.3, -0.25) is 0 Å². The molecule has 1 N–H and O–H groups in total. The van der Waals surface area contributed by atoms with Gasteiger partial charge in [0.1, 0.15) is 0 Å². The Balaban J connectivity index is 0.000000217. The standard InChI is InChI=1S/C6H5Cl.C3H4O2/c7-6-4-2-1-3-5-6;1-2-3(4)5/h1-5H;2H,1H2,(H,4,5). The smallest absolute Gasteiger partial charge is 0.327 e. The van der Waals surface area contributed by atoms with Gasteiger partial charge in [-0.15, -0.1) is 0 Å². The van der Waals surface area contributed by atoms with Gasteiger partial charge in [0.15, 0.2) is 0 Å². The third kappa shape index (κ3) is 6.83. The molecule has 0 aliphatic carbocycles. The lowest BCUT2D eigenvalue weighted by Crippen LogP contribution is -1.82. The van der Waals surface area contributed by atoms with Gasteiger partial charge in [0.2, 0.25) is 0 Å². The molecule has 1 rings (SSSR count). The van der Waals surface area contributed by atoms with Crippen LogP contribution in [0.4, 0.5) is 0 Å². The molecule has 0 bridgehead atoms. The lowest BCUT2D eigenvalue weighted by Gasteiger charge is -1.80. The van der Waals surface area contributed by atoms with Crippen molar-refractivity contribution >= 4 is 17.6 Å². The van der Waals surface area contributed by atoms with E-state index in [1.165, 1.54) is 0 Å². The first-order valence-electron chi connectivity index (χ1n) is 3.22. The van der Waals surface area contributed by atoms with E-state index in [1.807, 2.05) is 30.3 Å². The molecule has 12 heavy (non-hydrogen) atoms. The molecule has 0 radical (unpaired) electrons. The van der Waals surface area contributed by atoms with Crippen molar-refractivity contribution in [2.75, 3.05) is 0 Å². The number of carboxylic acids is 1. The fourth-order valence-electron chi connectivity index (χ4n) is 0.415. The monoisotopic (exact) mass is 184 g/mol. The molecule has 0 spiro atoms. The second kappa shape index (κ2) is 6.43. The molecule has 0 aromatic heterocycles. The summed E-state index contributed by atoms with van der Waals surface area (Å²) in [6.45, 7) is 2.96. The van der Waals surface area contributed by atoms with Crippen molar-refractivity contribution in [2.45, 2.75) is 0 Å².